The van der Waals surface area contributed by atoms with Crippen molar-refractivity contribution in [2.45, 2.75) is 52.6 Å². The van der Waals surface area contributed by atoms with E-state index in [4.69, 9.17) is 18.6 Å². The van der Waals surface area contributed by atoms with E-state index < -0.39 is 5.41 Å². The Bertz CT molecular complexity index is 1070. The molecule has 3 aromatic rings. The molecule has 0 bridgehead atoms. The molecule has 0 saturated heterocycles. The Morgan fingerprint density at radius 2 is 1.91 bits per heavy atom. The number of esters is 1. The van der Waals surface area contributed by atoms with E-state index in [0.717, 1.165) is 41.8 Å². The molecule has 4 rings (SSSR count). The number of ether oxygens (including phenoxy) is 3. The van der Waals surface area contributed by atoms with Crippen molar-refractivity contribution in [1.82, 2.24) is 9.97 Å². The molecule has 1 fully saturated rings. The van der Waals surface area contributed by atoms with Gasteiger partial charge in [-0.05, 0) is 51.8 Å². The van der Waals surface area contributed by atoms with Crippen molar-refractivity contribution >= 4 is 5.97 Å². The van der Waals surface area contributed by atoms with Gasteiger partial charge in [-0.2, -0.15) is 0 Å². The lowest BCUT2D eigenvalue weighted by Crippen LogP contribution is -2.45. The summed E-state index contributed by atoms with van der Waals surface area (Å²) < 4.78 is 23.1. The Balaban J connectivity index is 1.39. The Kier molecular flexibility index (Phi) is 7.63. The minimum Gasteiger partial charge on any atom is -0.477 e. The van der Waals surface area contributed by atoms with E-state index >= 15 is 0 Å². The van der Waals surface area contributed by atoms with Gasteiger partial charge in [-0.1, -0.05) is 24.6 Å². The van der Waals surface area contributed by atoms with Gasteiger partial charge in [0.2, 0.25) is 11.8 Å². The van der Waals surface area contributed by atoms with Crippen LogP contribution in [0.3, 0.4) is 0 Å². The van der Waals surface area contributed by atoms with Crippen LogP contribution in [0.4, 0.5) is 0 Å². The van der Waals surface area contributed by atoms with Gasteiger partial charge in [0.1, 0.15) is 11.9 Å². The first-order chi connectivity index (χ1) is 16.6. The summed E-state index contributed by atoms with van der Waals surface area (Å²) in [6, 6.07) is 13.6. The first-order valence-corrected chi connectivity index (χ1v) is 12.0. The zero-order valence-electron chi connectivity index (χ0n) is 20.1. The van der Waals surface area contributed by atoms with Gasteiger partial charge in [0.25, 0.3) is 0 Å². The third-order valence-electron chi connectivity index (χ3n) is 6.33. The van der Waals surface area contributed by atoms with Crippen LogP contribution < -0.4 is 4.74 Å². The molecule has 1 unspecified atom stereocenters. The zero-order chi connectivity index (χ0) is 24.0. The van der Waals surface area contributed by atoms with E-state index in [0.29, 0.717) is 38.0 Å². The molecular weight excluding hydrogens is 432 g/mol. The van der Waals surface area contributed by atoms with Crippen LogP contribution in [0.5, 0.6) is 5.88 Å². The van der Waals surface area contributed by atoms with Gasteiger partial charge in [-0.25, -0.2) is 9.97 Å². The number of aromatic nitrogens is 2. The van der Waals surface area contributed by atoms with Gasteiger partial charge >= 0.3 is 5.97 Å². The molecule has 1 aromatic carbocycles. The first kappa shape index (κ1) is 24.0. The summed E-state index contributed by atoms with van der Waals surface area (Å²) in [5.41, 5.74) is 2.05. The van der Waals surface area contributed by atoms with Crippen LogP contribution in [0.25, 0.3) is 11.5 Å². The average Bonchev–Trinajstić information content (AvgIpc) is 3.19. The number of carbonyl (C=O) groups is 1. The first-order valence-electron chi connectivity index (χ1n) is 12.0. The summed E-state index contributed by atoms with van der Waals surface area (Å²) in [6.45, 7) is 6.97. The highest BCUT2D eigenvalue weighted by atomic mass is 16.5. The second-order valence-corrected chi connectivity index (χ2v) is 8.48. The second-order valence-electron chi connectivity index (χ2n) is 8.48. The molecule has 0 radical (unpaired) electrons. The van der Waals surface area contributed by atoms with Gasteiger partial charge in [0.05, 0.1) is 24.3 Å². The predicted molar refractivity (Wildman–Crippen MR) is 127 cm³/mol. The molecule has 0 spiro atoms. The van der Waals surface area contributed by atoms with Crippen LogP contribution in [0.2, 0.25) is 0 Å². The maximum Gasteiger partial charge on any atom is 0.315 e. The Morgan fingerprint density at radius 3 is 2.53 bits per heavy atom. The summed E-state index contributed by atoms with van der Waals surface area (Å²) in [4.78, 5) is 21.8. The van der Waals surface area contributed by atoms with Gasteiger partial charge < -0.3 is 18.6 Å². The molecule has 1 atom stereocenters. The maximum atomic E-state index is 12.7. The lowest BCUT2D eigenvalue weighted by Gasteiger charge is -2.44. The van der Waals surface area contributed by atoms with Crippen molar-refractivity contribution in [2.24, 2.45) is 5.41 Å². The van der Waals surface area contributed by atoms with Crippen molar-refractivity contribution in [3.05, 3.63) is 65.7 Å². The molecule has 2 aromatic heterocycles. The molecular formula is C27H32N2O5. The summed E-state index contributed by atoms with van der Waals surface area (Å²) in [5.74, 6) is 1.74. The molecule has 34 heavy (non-hydrogen) atoms. The number of benzene rings is 1. The van der Waals surface area contributed by atoms with Gasteiger partial charge in [0.15, 0.2) is 0 Å². The number of carbonyl (C=O) groups excluding carboxylic acids is 1. The van der Waals surface area contributed by atoms with E-state index in [9.17, 15) is 4.79 Å². The molecule has 7 nitrogen and oxygen atoms in total. The van der Waals surface area contributed by atoms with Crippen molar-refractivity contribution < 1.29 is 23.4 Å². The smallest absolute Gasteiger partial charge is 0.315 e. The van der Waals surface area contributed by atoms with Crippen LogP contribution in [0.15, 0.2) is 53.1 Å². The van der Waals surface area contributed by atoms with Crippen LogP contribution in [0.1, 0.15) is 56.2 Å². The van der Waals surface area contributed by atoms with E-state index in [1.807, 2.05) is 63.2 Å². The molecule has 0 amide bonds. The number of rotatable bonds is 11. The molecule has 1 aliphatic rings. The molecule has 0 aliphatic heterocycles. The molecule has 0 N–H and O–H groups in total. The fourth-order valence-corrected chi connectivity index (χ4v) is 4.40. The summed E-state index contributed by atoms with van der Waals surface area (Å²) >= 11 is 0. The minimum absolute atomic E-state index is 0.183. The van der Waals surface area contributed by atoms with Crippen LogP contribution >= 0.6 is 0 Å². The number of aryl methyl sites for hydroxylation is 1. The van der Waals surface area contributed by atoms with Crippen LogP contribution in [0, 0.1) is 12.3 Å². The predicted octanol–water partition coefficient (Wildman–Crippen LogP) is 5.48. The van der Waals surface area contributed by atoms with E-state index in [-0.39, 0.29) is 12.1 Å². The maximum absolute atomic E-state index is 12.7. The molecule has 1 aliphatic carbocycles. The topological polar surface area (TPSA) is 83.7 Å². The number of hydrogen-bond donors (Lipinski definition) is 0. The van der Waals surface area contributed by atoms with Crippen LogP contribution in [-0.4, -0.2) is 35.8 Å². The highest BCUT2D eigenvalue weighted by Crippen LogP contribution is 2.53. The highest BCUT2D eigenvalue weighted by Gasteiger charge is 2.53. The Labute approximate surface area is 200 Å². The molecule has 180 valence electrons. The molecule has 7 heteroatoms. The minimum atomic E-state index is -0.628. The molecule has 1 saturated carbocycles. The SMILES string of the molecule is CCOC(=O)C1(C(OCC)c2ccc(OCCc3nc(-c4ccccc4)oc3C)nc2)CCC1. The fourth-order valence-electron chi connectivity index (χ4n) is 4.40. The monoisotopic (exact) mass is 464 g/mol. The Hall–Kier alpha value is -3.19. The third-order valence-corrected chi connectivity index (χ3v) is 6.33. The van der Waals surface area contributed by atoms with Crippen LogP contribution in [-0.2, 0) is 20.7 Å². The van der Waals surface area contributed by atoms with Gasteiger partial charge in [-0.15, -0.1) is 0 Å². The lowest BCUT2D eigenvalue weighted by molar-refractivity contribution is -0.177. The van der Waals surface area contributed by atoms with Crippen molar-refractivity contribution in [1.29, 1.82) is 0 Å². The zero-order valence-corrected chi connectivity index (χ0v) is 20.1. The summed E-state index contributed by atoms with van der Waals surface area (Å²) in [6.07, 6.45) is 4.49. The quantitative estimate of drug-likeness (QED) is 0.348. The highest BCUT2D eigenvalue weighted by molar-refractivity contribution is 5.79. The second kappa shape index (κ2) is 10.8. The van der Waals surface area contributed by atoms with Crippen molar-refractivity contribution in [3.63, 3.8) is 0 Å². The third kappa shape index (κ3) is 4.99. The number of hydrogen-bond acceptors (Lipinski definition) is 7. The van der Waals surface area contributed by atoms with Crippen molar-refractivity contribution in [3.8, 4) is 17.3 Å². The molecule has 2 heterocycles. The summed E-state index contributed by atoms with van der Waals surface area (Å²) in [5, 5.41) is 0. The normalized spacial score (nSPS) is 15.4. The van der Waals surface area contributed by atoms with Crippen molar-refractivity contribution in [2.75, 3.05) is 19.8 Å². The van der Waals surface area contributed by atoms with Gasteiger partial charge in [-0.3, -0.25) is 4.79 Å². The summed E-state index contributed by atoms with van der Waals surface area (Å²) in [7, 11) is 0. The number of oxazole rings is 1. The fraction of sp³-hybridized carbons (Fsp3) is 0.444. The van der Waals surface area contributed by atoms with E-state index in [2.05, 4.69) is 9.97 Å². The standard InChI is InChI=1S/C27H32N2O5/c1-4-31-24(27(15-9-16-27)26(30)32-5-2)21-12-13-23(28-18-21)33-17-14-22-19(3)34-25(29-22)20-10-7-6-8-11-20/h6-8,10-13,18,24H,4-5,9,14-17H2,1-3H3. The van der Waals surface area contributed by atoms with E-state index in [1.165, 1.54) is 0 Å². The largest absolute Gasteiger partial charge is 0.477 e. The lowest BCUT2D eigenvalue weighted by atomic mass is 9.63. The number of nitrogens with zero attached hydrogens (tertiary/aromatic N) is 2. The Morgan fingerprint density at radius 1 is 1.12 bits per heavy atom. The van der Waals surface area contributed by atoms with E-state index in [1.54, 1.807) is 6.20 Å². The van der Waals surface area contributed by atoms with Gasteiger partial charge in [0, 0.05) is 36.4 Å². The average molecular weight is 465 g/mol. The number of pyridine rings is 1.